The maximum absolute atomic E-state index is 13.3. The van der Waals surface area contributed by atoms with E-state index in [-0.39, 0.29) is 42.1 Å². The molecule has 3 aromatic rings. The Morgan fingerprint density at radius 2 is 1.77 bits per heavy atom. The van der Waals surface area contributed by atoms with Gasteiger partial charge in [-0.25, -0.2) is 13.8 Å². The number of nitrogens with one attached hydrogen (secondary N) is 1. The molecule has 2 aliphatic heterocycles. The van der Waals surface area contributed by atoms with Gasteiger partial charge in [-0.05, 0) is 61.2 Å². The van der Waals surface area contributed by atoms with E-state index in [0.29, 0.717) is 49.4 Å². The molecule has 0 spiro atoms. The molecule has 0 bridgehead atoms. The molecule has 2 aromatic carbocycles. The molecule has 1 N–H and O–H groups in total. The van der Waals surface area contributed by atoms with Crippen molar-refractivity contribution in [1.82, 2.24) is 14.5 Å². The van der Waals surface area contributed by atoms with E-state index in [2.05, 4.69) is 10.3 Å². The number of aryl methyl sites for hydroxylation is 1. The molecule has 1 aromatic heterocycles. The molecular formula is C26H26F2N4O3. The lowest BCUT2D eigenvalue weighted by atomic mass is 9.95. The second kappa shape index (κ2) is 9.58. The van der Waals surface area contributed by atoms with Crippen molar-refractivity contribution in [1.29, 1.82) is 0 Å². The van der Waals surface area contributed by atoms with Crippen LogP contribution in [-0.4, -0.2) is 39.4 Å². The third-order valence-electron chi connectivity index (χ3n) is 6.77. The highest BCUT2D eigenvalue weighted by atomic mass is 19.1. The van der Waals surface area contributed by atoms with Crippen molar-refractivity contribution in [3.05, 3.63) is 82.9 Å². The van der Waals surface area contributed by atoms with Crippen molar-refractivity contribution in [2.45, 2.75) is 39.0 Å². The summed E-state index contributed by atoms with van der Waals surface area (Å²) in [7, 11) is 0. The molecule has 0 saturated carbocycles. The lowest BCUT2D eigenvalue weighted by Gasteiger charge is -2.31. The van der Waals surface area contributed by atoms with Crippen LogP contribution < -0.4 is 5.32 Å². The Morgan fingerprint density at radius 1 is 1.06 bits per heavy atom. The molecule has 3 heterocycles. The van der Waals surface area contributed by atoms with Crippen LogP contribution in [0.15, 0.2) is 48.8 Å². The third-order valence-corrected chi connectivity index (χ3v) is 6.77. The Hall–Kier alpha value is -3.59. The number of halogens is 2. The lowest BCUT2D eigenvalue weighted by Crippen LogP contribution is -2.42. The van der Waals surface area contributed by atoms with Gasteiger partial charge >= 0.3 is 0 Å². The first-order valence-electron chi connectivity index (χ1n) is 11.7. The molecule has 1 saturated heterocycles. The normalized spacial score (nSPS) is 18.3. The Balaban J connectivity index is 1.19. The topological polar surface area (TPSA) is 76.5 Å². The van der Waals surface area contributed by atoms with Gasteiger partial charge in [0.05, 0.1) is 25.2 Å². The molecule has 0 radical (unpaired) electrons. The van der Waals surface area contributed by atoms with E-state index >= 15 is 0 Å². The summed E-state index contributed by atoms with van der Waals surface area (Å²) in [4.78, 5) is 32.0. The zero-order chi connectivity index (χ0) is 24.5. The Morgan fingerprint density at radius 3 is 2.49 bits per heavy atom. The van der Waals surface area contributed by atoms with Gasteiger partial charge in [0.25, 0.3) is 5.91 Å². The second-order valence-electron chi connectivity index (χ2n) is 9.06. The number of hydrogen-bond donors (Lipinski definition) is 1. The average molecular weight is 481 g/mol. The lowest BCUT2D eigenvalue weighted by molar-refractivity contribution is -0.121. The number of ether oxygens (including phenoxy) is 1. The highest BCUT2D eigenvalue weighted by Gasteiger charge is 2.32. The fraction of sp³-hybridized carbons (Fsp3) is 0.346. The first kappa shape index (κ1) is 23.2. The first-order valence-corrected chi connectivity index (χ1v) is 11.7. The van der Waals surface area contributed by atoms with Gasteiger partial charge < -0.3 is 19.5 Å². The van der Waals surface area contributed by atoms with Crippen LogP contribution in [0.25, 0.3) is 0 Å². The summed E-state index contributed by atoms with van der Waals surface area (Å²) in [5, 5.41) is 2.88. The predicted octanol–water partition coefficient (Wildman–Crippen LogP) is 4.23. The smallest absolute Gasteiger partial charge is 0.274 e. The minimum absolute atomic E-state index is 0.119. The number of hydrogen-bond acceptors (Lipinski definition) is 4. The number of amides is 2. The van der Waals surface area contributed by atoms with E-state index in [1.165, 1.54) is 24.3 Å². The molecular weight excluding hydrogens is 454 g/mol. The van der Waals surface area contributed by atoms with E-state index < -0.39 is 0 Å². The van der Waals surface area contributed by atoms with Gasteiger partial charge in [-0.15, -0.1) is 0 Å². The Bertz CT molecular complexity index is 1250. The summed E-state index contributed by atoms with van der Waals surface area (Å²) in [6, 6.07) is 10.5. The van der Waals surface area contributed by atoms with Crippen LogP contribution in [0.5, 0.6) is 0 Å². The molecule has 182 valence electrons. The van der Waals surface area contributed by atoms with Crippen LogP contribution in [0.1, 0.15) is 46.3 Å². The van der Waals surface area contributed by atoms with Gasteiger partial charge in [-0.3, -0.25) is 9.59 Å². The molecule has 0 aliphatic carbocycles. The largest absolute Gasteiger partial charge is 0.365 e. The van der Waals surface area contributed by atoms with Gasteiger partial charge in [0.1, 0.15) is 17.7 Å². The molecule has 7 nitrogen and oxygen atoms in total. The van der Waals surface area contributed by atoms with E-state index in [9.17, 15) is 18.4 Å². The molecule has 9 heteroatoms. The molecule has 2 amide bonds. The van der Waals surface area contributed by atoms with Gasteiger partial charge in [-0.2, -0.15) is 0 Å². The summed E-state index contributed by atoms with van der Waals surface area (Å²) in [5.41, 5.74) is 3.22. The van der Waals surface area contributed by atoms with Crippen LogP contribution in [0.4, 0.5) is 14.5 Å². The monoisotopic (exact) mass is 480 g/mol. The maximum atomic E-state index is 13.3. The minimum atomic E-state index is -0.342. The number of benzene rings is 2. The number of piperidine rings is 1. The Labute approximate surface area is 201 Å². The fourth-order valence-corrected chi connectivity index (χ4v) is 4.68. The van der Waals surface area contributed by atoms with Gasteiger partial charge in [0.15, 0.2) is 5.69 Å². The maximum Gasteiger partial charge on any atom is 0.274 e. The second-order valence-corrected chi connectivity index (χ2v) is 9.06. The highest BCUT2D eigenvalue weighted by molar-refractivity contribution is 5.95. The number of carbonyl (C=O) groups is 2. The van der Waals surface area contributed by atoms with Crippen molar-refractivity contribution in [2.24, 2.45) is 5.92 Å². The van der Waals surface area contributed by atoms with Gasteiger partial charge in [0.2, 0.25) is 5.91 Å². The van der Waals surface area contributed by atoms with E-state index in [0.717, 1.165) is 11.3 Å². The first-order chi connectivity index (χ1) is 16.9. The van der Waals surface area contributed by atoms with Crippen LogP contribution >= 0.6 is 0 Å². The van der Waals surface area contributed by atoms with Crippen molar-refractivity contribution >= 4 is 17.5 Å². The fourth-order valence-electron chi connectivity index (χ4n) is 4.68. The number of imidazole rings is 1. The van der Waals surface area contributed by atoms with Gasteiger partial charge in [-0.1, -0.05) is 12.1 Å². The summed E-state index contributed by atoms with van der Waals surface area (Å²) in [5.74, 6) is -1.15. The SMILES string of the molecule is Cc1cc(F)ccc1NC(=O)C1CCN(C(=O)c2ncn3c2CO[C@H](c2ccc(F)cc2)C3)CC1. The number of aromatic nitrogens is 2. The van der Waals surface area contributed by atoms with Crippen LogP contribution in [0.3, 0.4) is 0 Å². The van der Waals surface area contributed by atoms with Crippen LogP contribution in [0.2, 0.25) is 0 Å². The predicted molar refractivity (Wildman–Crippen MR) is 125 cm³/mol. The summed E-state index contributed by atoms with van der Waals surface area (Å²) >= 11 is 0. The summed E-state index contributed by atoms with van der Waals surface area (Å²) in [6.45, 7) is 3.37. The number of anilines is 1. The average Bonchev–Trinajstić information content (AvgIpc) is 3.29. The van der Waals surface area contributed by atoms with E-state index in [1.807, 2.05) is 4.57 Å². The highest BCUT2D eigenvalue weighted by Crippen LogP contribution is 2.29. The summed E-state index contributed by atoms with van der Waals surface area (Å²) in [6.07, 6.45) is 2.49. The standard InChI is InChI=1S/C26H26F2N4O3/c1-16-12-20(28)6-7-21(16)30-25(33)18-8-10-31(11-9-18)26(34)24-22-14-35-23(13-32(22)15-29-24)17-2-4-19(27)5-3-17/h2-7,12,15,18,23H,8-11,13-14H2,1H3,(H,30,33)/t23-/m0/s1. The van der Waals surface area contributed by atoms with Crippen molar-refractivity contribution in [3.63, 3.8) is 0 Å². The summed E-state index contributed by atoms with van der Waals surface area (Å²) < 4.78 is 34.4. The van der Waals surface area contributed by atoms with Crippen LogP contribution in [0, 0.1) is 24.5 Å². The molecule has 0 unspecified atom stereocenters. The molecule has 1 atom stereocenters. The number of carbonyl (C=O) groups excluding carboxylic acids is 2. The van der Waals surface area contributed by atoms with E-state index in [1.54, 1.807) is 36.4 Å². The zero-order valence-electron chi connectivity index (χ0n) is 19.3. The van der Waals surface area contributed by atoms with Crippen molar-refractivity contribution < 1.29 is 23.1 Å². The third kappa shape index (κ3) is 4.81. The molecule has 5 rings (SSSR count). The van der Waals surface area contributed by atoms with Crippen molar-refractivity contribution in [3.8, 4) is 0 Å². The number of rotatable bonds is 4. The van der Waals surface area contributed by atoms with Gasteiger partial charge in [0, 0.05) is 24.7 Å². The van der Waals surface area contributed by atoms with Crippen molar-refractivity contribution in [2.75, 3.05) is 18.4 Å². The number of likely N-dealkylation sites (tertiary alicyclic amines) is 1. The minimum Gasteiger partial charge on any atom is -0.365 e. The number of nitrogens with zero attached hydrogens (tertiary/aromatic N) is 3. The zero-order valence-corrected chi connectivity index (χ0v) is 19.3. The van der Waals surface area contributed by atoms with E-state index in [4.69, 9.17) is 4.74 Å². The molecule has 35 heavy (non-hydrogen) atoms. The quantitative estimate of drug-likeness (QED) is 0.606. The molecule has 2 aliphatic rings. The van der Waals surface area contributed by atoms with Crippen LogP contribution in [-0.2, 0) is 22.7 Å². The Kier molecular flexibility index (Phi) is 6.34. The molecule has 1 fully saturated rings. The number of fused-ring (bicyclic) bond motifs is 1.